The molecule has 8 heteroatoms. The number of carbonyl (C=O) groups is 3. The molecule has 1 heterocycles. The standard InChI is InChI=1S/C23H26N4O4/c1-5-26-16(4)27(21-13-17(7-12-20(21)26)23(30)31-6-2)14-22(29)25-19-10-8-18(9-11-19)24-15(3)28/h7-13H,5-6,14H2,1-4H3,(H-,24,25,28,29)/p+1. The Morgan fingerprint density at radius 1 is 1.00 bits per heavy atom. The summed E-state index contributed by atoms with van der Waals surface area (Å²) >= 11 is 0. The van der Waals surface area contributed by atoms with Gasteiger partial charge in [-0.25, -0.2) is 13.9 Å². The number of fused-ring (bicyclic) bond motifs is 1. The second-order valence-electron chi connectivity index (χ2n) is 7.11. The van der Waals surface area contributed by atoms with Gasteiger partial charge in [-0.1, -0.05) is 0 Å². The number of amides is 2. The molecule has 0 spiro atoms. The fourth-order valence-corrected chi connectivity index (χ4v) is 3.59. The van der Waals surface area contributed by atoms with E-state index in [2.05, 4.69) is 15.2 Å². The van der Waals surface area contributed by atoms with E-state index in [1.807, 2.05) is 24.5 Å². The summed E-state index contributed by atoms with van der Waals surface area (Å²) in [6.07, 6.45) is 0. The van der Waals surface area contributed by atoms with E-state index in [-0.39, 0.29) is 24.3 Å². The van der Waals surface area contributed by atoms with Crippen LogP contribution in [0.2, 0.25) is 0 Å². The van der Waals surface area contributed by atoms with Crippen molar-refractivity contribution in [2.75, 3.05) is 17.2 Å². The van der Waals surface area contributed by atoms with E-state index in [0.717, 1.165) is 23.4 Å². The van der Waals surface area contributed by atoms with Crippen LogP contribution in [0.5, 0.6) is 0 Å². The van der Waals surface area contributed by atoms with Crippen molar-refractivity contribution in [2.24, 2.45) is 0 Å². The van der Waals surface area contributed by atoms with Crippen molar-refractivity contribution in [3.05, 3.63) is 53.9 Å². The third-order valence-corrected chi connectivity index (χ3v) is 4.96. The lowest BCUT2D eigenvalue weighted by atomic mass is 10.2. The van der Waals surface area contributed by atoms with Gasteiger partial charge in [0.2, 0.25) is 5.91 Å². The van der Waals surface area contributed by atoms with Gasteiger partial charge in [0.25, 0.3) is 11.7 Å². The van der Waals surface area contributed by atoms with Crippen LogP contribution in [0.4, 0.5) is 11.4 Å². The van der Waals surface area contributed by atoms with Gasteiger partial charge in [-0.3, -0.25) is 9.59 Å². The number of hydrogen-bond donors (Lipinski definition) is 2. The smallest absolute Gasteiger partial charge is 0.338 e. The average molecular weight is 423 g/mol. The van der Waals surface area contributed by atoms with E-state index < -0.39 is 0 Å². The Balaban J connectivity index is 1.86. The van der Waals surface area contributed by atoms with Gasteiger partial charge >= 0.3 is 5.97 Å². The average Bonchev–Trinajstić information content (AvgIpc) is 2.99. The predicted molar refractivity (Wildman–Crippen MR) is 118 cm³/mol. The normalized spacial score (nSPS) is 10.7. The maximum absolute atomic E-state index is 12.8. The fourth-order valence-electron chi connectivity index (χ4n) is 3.59. The molecule has 2 amide bonds. The highest BCUT2D eigenvalue weighted by atomic mass is 16.5. The predicted octanol–water partition coefficient (Wildman–Crippen LogP) is 3.03. The molecule has 0 saturated carbocycles. The molecular formula is C23H27N4O4+. The molecule has 0 radical (unpaired) electrons. The molecule has 1 aromatic heterocycles. The van der Waals surface area contributed by atoms with Crippen molar-refractivity contribution >= 4 is 40.2 Å². The Morgan fingerprint density at radius 3 is 2.23 bits per heavy atom. The monoisotopic (exact) mass is 423 g/mol. The number of nitrogens with one attached hydrogen (secondary N) is 2. The first-order valence-electron chi connectivity index (χ1n) is 10.2. The van der Waals surface area contributed by atoms with Gasteiger partial charge < -0.3 is 15.4 Å². The van der Waals surface area contributed by atoms with Crippen LogP contribution in [-0.2, 0) is 27.4 Å². The van der Waals surface area contributed by atoms with Crippen molar-refractivity contribution in [1.82, 2.24) is 4.57 Å². The fraction of sp³-hybridized carbons (Fsp3) is 0.304. The zero-order valence-corrected chi connectivity index (χ0v) is 18.2. The number of rotatable bonds is 7. The summed E-state index contributed by atoms with van der Waals surface area (Å²) < 4.78 is 9.10. The lowest BCUT2D eigenvalue weighted by Crippen LogP contribution is -2.35. The van der Waals surface area contributed by atoms with E-state index >= 15 is 0 Å². The topological polar surface area (TPSA) is 93.3 Å². The number of imidazole rings is 1. The summed E-state index contributed by atoms with van der Waals surface area (Å²) in [5.41, 5.74) is 3.48. The molecule has 2 aromatic carbocycles. The minimum absolute atomic E-state index is 0.0923. The molecule has 2 N–H and O–H groups in total. The number of aryl methyl sites for hydroxylation is 1. The van der Waals surface area contributed by atoms with E-state index in [1.165, 1.54) is 6.92 Å². The highest BCUT2D eigenvalue weighted by Gasteiger charge is 2.24. The molecular weight excluding hydrogens is 396 g/mol. The SMILES string of the molecule is CCOC(=O)c1ccc2c(c1)n(CC(=O)Nc1ccc(NC(C)=O)cc1)c(C)[n+]2CC. The number of aromatic nitrogens is 2. The van der Waals surface area contributed by atoms with Crippen molar-refractivity contribution in [2.45, 2.75) is 40.8 Å². The van der Waals surface area contributed by atoms with Crippen LogP contribution in [0.1, 0.15) is 37.0 Å². The Kier molecular flexibility index (Phi) is 6.69. The number of hydrogen-bond acceptors (Lipinski definition) is 4. The van der Waals surface area contributed by atoms with Crippen LogP contribution in [-0.4, -0.2) is 29.0 Å². The third kappa shape index (κ3) is 4.91. The van der Waals surface area contributed by atoms with Gasteiger partial charge in [-0.15, -0.1) is 0 Å². The number of esters is 1. The van der Waals surface area contributed by atoms with Crippen molar-refractivity contribution < 1.29 is 23.7 Å². The first-order valence-corrected chi connectivity index (χ1v) is 10.2. The largest absolute Gasteiger partial charge is 0.462 e. The molecule has 3 aromatic rings. The summed E-state index contributed by atoms with van der Waals surface area (Å²) in [6.45, 7) is 8.32. The molecule has 0 fully saturated rings. The summed E-state index contributed by atoms with van der Waals surface area (Å²) in [5, 5.41) is 5.56. The summed E-state index contributed by atoms with van der Waals surface area (Å²) in [5.74, 6) is 0.173. The third-order valence-electron chi connectivity index (χ3n) is 4.96. The minimum Gasteiger partial charge on any atom is -0.462 e. The second-order valence-corrected chi connectivity index (χ2v) is 7.11. The Bertz CT molecular complexity index is 1130. The van der Waals surface area contributed by atoms with Gasteiger partial charge in [0.15, 0.2) is 17.6 Å². The molecule has 0 atom stereocenters. The van der Waals surface area contributed by atoms with Crippen LogP contribution in [0.15, 0.2) is 42.5 Å². The number of nitrogens with zero attached hydrogens (tertiary/aromatic N) is 2. The van der Waals surface area contributed by atoms with E-state index in [9.17, 15) is 14.4 Å². The molecule has 31 heavy (non-hydrogen) atoms. The van der Waals surface area contributed by atoms with Crippen LogP contribution in [0, 0.1) is 6.92 Å². The molecule has 0 aliphatic rings. The van der Waals surface area contributed by atoms with Gasteiger partial charge in [0, 0.05) is 31.3 Å². The molecule has 3 rings (SSSR count). The summed E-state index contributed by atoms with van der Waals surface area (Å²) in [7, 11) is 0. The van der Waals surface area contributed by atoms with E-state index in [1.54, 1.807) is 43.3 Å². The molecule has 162 valence electrons. The first kappa shape index (κ1) is 22.0. The summed E-state index contributed by atoms with van der Waals surface area (Å²) in [6, 6.07) is 12.3. The van der Waals surface area contributed by atoms with Crippen molar-refractivity contribution in [1.29, 1.82) is 0 Å². The molecule has 0 aliphatic heterocycles. The molecule has 0 unspecified atom stereocenters. The van der Waals surface area contributed by atoms with Crippen molar-refractivity contribution in [3.8, 4) is 0 Å². The summed E-state index contributed by atoms with van der Waals surface area (Å²) in [4.78, 5) is 36.1. The lowest BCUT2D eigenvalue weighted by molar-refractivity contribution is -0.674. The minimum atomic E-state index is -0.387. The van der Waals surface area contributed by atoms with Gasteiger partial charge in [-0.05, 0) is 50.2 Å². The quantitative estimate of drug-likeness (QED) is 0.451. The zero-order chi connectivity index (χ0) is 22.5. The molecule has 0 aliphatic carbocycles. The number of ether oxygens (including phenoxy) is 1. The van der Waals surface area contributed by atoms with Gasteiger partial charge in [0.1, 0.15) is 0 Å². The maximum Gasteiger partial charge on any atom is 0.338 e. The number of carbonyl (C=O) groups excluding carboxylic acids is 3. The Labute approximate surface area is 180 Å². The Morgan fingerprint density at radius 2 is 1.65 bits per heavy atom. The van der Waals surface area contributed by atoms with E-state index in [4.69, 9.17) is 4.74 Å². The highest BCUT2D eigenvalue weighted by molar-refractivity contribution is 5.95. The first-order chi connectivity index (χ1) is 14.8. The molecule has 0 bridgehead atoms. The van der Waals surface area contributed by atoms with E-state index in [0.29, 0.717) is 23.5 Å². The lowest BCUT2D eigenvalue weighted by Gasteiger charge is -2.07. The Hall–Kier alpha value is -3.68. The molecule has 0 saturated heterocycles. The molecule has 8 nitrogen and oxygen atoms in total. The van der Waals surface area contributed by atoms with Crippen LogP contribution in [0.25, 0.3) is 11.0 Å². The zero-order valence-electron chi connectivity index (χ0n) is 18.2. The van der Waals surface area contributed by atoms with Gasteiger partial charge in [-0.2, -0.15) is 0 Å². The highest BCUT2D eigenvalue weighted by Crippen LogP contribution is 2.19. The second kappa shape index (κ2) is 9.42. The maximum atomic E-state index is 12.8. The van der Waals surface area contributed by atoms with Gasteiger partial charge in [0.05, 0.1) is 18.7 Å². The number of benzene rings is 2. The van der Waals surface area contributed by atoms with Crippen LogP contribution >= 0.6 is 0 Å². The van der Waals surface area contributed by atoms with Crippen LogP contribution in [0.3, 0.4) is 0 Å². The van der Waals surface area contributed by atoms with Crippen molar-refractivity contribution in [3.63, 3.8) is 0 Å². The number of anilines is 2. The van der Waals surface area contributed by atoms with Crippen LogP contribution < -0.4 is 15.2 Å².